The van der Waals surface area contributed by atoms with E-state index >= 15 is 0 Å². The van der Waals surface area contributed by atoms with Crippen LogP contribution >= 0.6 is 0 Å². The zero-order valence-corrected chi connectivity index (χ0v) is 13.1. The highest BCUT2D eigenvalue weighted by Crippen LogP contribution is 2.12. The first-order valence-electron chi connectivity index (χ1n) is 6.71. The molecule has 2 N–H and O–H groups in total. The van der Waals surface area contributed by atoms with Gasteiger partial charge in [0.25, 0.3) is 5.91 Å². The largest absolute Gasteiger partial charge is 0.444 e. The summed E-state index contributed by atoms with van der Waals surface area (Å²) in [5.74, 6) is -0.591. The fourth-order valence-electron chi connectivity index (χ4n) is 1.44. The van der Waals surface area contributed by atoms with E-state index < -0.39 is 17.7 Å². The molecule has 0 saturated heterocycles. The van der Waals surface area contributed by atoms with Gasteiger partial charge in [-0.25, -0.2) is 9.59 Å². The summed E-state index contributed by atoms with van der Waals surface area (Å²) in [4.78, 5) is 34.3. The molecular formula is C15H20N2O5. The van der Waals surface area contributed by atoms with E-state index in [0.29, 0.717) is 5.56 Å². The van der Waals surface area contributed by atoms with Crippen LogP contribution in [0.1, 0.15) is 31.1 Å². The van der Waals surface area contributed by atoms with Gasteiger partial charge in [-0.3, -0.25) is 4.79 Å². The fraction of sp³-hybridized carbons (Fsp3) is 0.400. The Balaban J connectivity index is 2.45. The van der Waals surface area contributed by atoms with E-state index in [1.807, 2.05) is 0 Å². The maximum Gasteiger partial charge on any atom is 0.408 e. The molecule has 0 atom stereocenters. The highest BCUT2D eigenvalue weighted by molar-refractivity contribution is 5.94. The minimum absolute atomic E-state index is 0.232. The van der Waals surface area contributed by atoms with Gasteiger partial charge in [0.2, 0.25) is 0 Å². The third-order valence-corrected chi connectivity index (χ3v) is 2.35. The van der Waals surface area contributed by atoms with Crippen LogP contribution in [0, 0.1) is 0 Å². The number of hydrogen-bond donors (Lipinski definition) is 2. The number of amides is 2. The average Bonchev–Trinajstić information content (AvgIpc) is 2.43. The lowest BCUT2D eigenvalue weighted by Gasteiger charge is -2.19. The monoisotopic (exact) mass is 308 g/mol. The molecule has 7 heteroatoms. The first-order chi connectivity index (χ1) is 10.2. The van der Waals surface area contributed by atoms with Crippen LogP contribution < -0.4 is 15.4 Å². The molecule has 0 aromatic heterocycles. The molecular weight excluding hydrogens is 288 g/mol. The standard InChI is InChI=1S/C15H20N2O5/c1-15(2,3)22-14(20)17-9-12(18)21-11-7-5-10(6-8-11)13(19)16-4/h5-8H,9H2,1-4H3,(H,16,19)(H,17,20). The number of esters is 1. The summed E-state index contributed by atoms with van der Waals surface area (Å²) in [6.45, 7) is 4.85. The van der Waals surface area contributed by atoms with Crippen molar-refractivity contribution in [2.75, 3.05) is 13.6 Å². The van der Waals surface area contributed by atoms with Crippen LogP contribution in [-0.2, 0) is 9.53 Å². The van der Waals surface area contributed by atoms with Gasteiger partial charge in [0.05, 0.1) is 0 Å². The van der Waals surface area contributed by atoms with Crippen molar-refractivity contribution >= 4 is 18.0 Å². The zero-order valence-electron chi connectivity index (χ0n) is 13.1. The number of hydrogen-bond acceptors (Lipinski definition) is 5. The van der Waals surface area contributed by atoms with E-state index in [1.165, 1.54) is 31.3 Å². The van der Waals surface area contributed by atoms with Crippen LogP contribution in [0.5, 0.6) is 5.75 Å². The Labute approximate surface area is 129 Å². The number of alkyl carbamates (subject to hydrolysis) is 1. The van der Waals surface area contributed by atoms with Crippen molar-refractivity contribution < 1.29 is 23.9 Å². The predicted molar refractivity (Wildman–Crippen MR) is 79.7 cm³/mol. The molecule has 0 saturated carbocycles. The molecule has 2 amide bonds. The van der Waals surface area contributed by atoms with Crippen LogP contribution in [0.25, 0.3) is 0 Å². The lowest BCUT2D eigenvalue weighted by Crippen LogP contribution is -2.36. The maximum atomic E-state index is 11.6. The Morgan fingerprint density at radius 3 is 2.18 bits per heavy atom. The van der Waals surface area contributed by atoms with Gasteiger partial charge in [0, 0.05) is 12.6 Å². The van der Waals surface area contributed by atoms with Crippen molar-refractivity contribution in [1.82, 2.24) is 10.6 Å². The molecule has 0 bridgehead atoms. The summed E-state index contributed by atoms with van der Waals surface area (Å²) in [7, 11) is 1.53. The van der Waals surface area contributed by atoms with Crippen LogP contribution in [0.2, 0.25) is 0 Å². The number of carbonyl (C=O) groups excluding carboxylic acids is 3. The molecule has 1 aromatic carbocycles. The topological polar surface area (TPSA) is 93.7 Å². The summed E-state index contributed by atoms with van der Waals surface area (Å²) in [6.07, 6.45) is -0.695. The highest BCUT2D eigenvalue weighted by atomic mass is 16.6. The molecule has 0 unspecified atom stereocenters. The van der Waals surface area contributed by atoms with Crippen LogP contribution in [0.3, 0.4) is 0 Å². The van der Waals surface area contributed by atoms with Crippen molar-refractivity contribution in [2.24, 2.45) is 0 Å². The third kappa shape index (κ3) is 6.25. The molecule has 1 rings (SSSR count). The second-order valence-electron chi connectivity index (χ2n) is 5.43. The van der Waals surface area contributed by atoms with Crippen molar-refractivity contribution in [3.8, 4) is 5.75 Å². The Morgan fingerprint density at radius 1 is 1.09 bits per heavy atom. The van der Waals surface area contributed by atoms with E-state index in [2.05, 4.69) is 10.6 Å². The van der Waals surface area contributed by atoms with Gasteiger partial charge in [-0.05, 0) is 45.0 Å². The van der Waals surface area contributed by atoms with Gasteiger partial charge in [0.1, 0.15) is 17.9 Å². The molecule has 7 nitrogen and oxygen atoms in total. The second kappa shape index (κ2) is 7.44. The summed E-state index contributed by atoms with van der Waals surface area (Å²) in [5.41, 5.74) is -0.182. The van der Waals surface area contributed by atoms with Gasteiger partial charge < -0.3 is 20.1 Å². The Kier molecular flexibility index (Phi) is 5.91. The van der Waals surface area contributed by atoms with Crippen molar-refractivity contribution in [3.05, 3.63) is 29.8 Å². The fourth-order valence-corrected chi connectivity index (χ4v) is 1.44. The first-order valence-corrected chi connectivity index (χ1v) is 6.71. The number of benzene rings is 1. The highest BCUT2D eigenvalue weighted by Gasteiger charge is 2.17. The molecule has 0 spiro atoms. The lowest BCUT2D eigenvalue weighted by atomic mass is 10.2. The summed E-state index contributed by atoms with van der Waals surface area (Å²) in [6, 6.07) is 6.05. The minimum Gasteiger partial charge on any atom is -0.444 e. The van der Waals surface area contributed by atoms with Crippen molar-refractivity contribution in [2.45, 2.75) is 26.4 Å². The van der Waals surface area contributed by atoms with Crippen LogP contribution in [-0.4, -0.2) is 37.2 Å². The Bertz CT molecular complexity index is 546. The SMILES string of the molecule is CNC(=O)c1ccc(OC(=O)CNC(=O)OC(C)(C)C)cc1. The van der Waals surface area contributed by atoms with Crippen molar-refractivity contribution in [3.63, 3.8) is 0 Å². The van der Waals surface area contributed by atoms with E-state index in [1.54, 1.807) is 20.8 Å². The Morgan fingerprint density at radius 2 is 1.68 bits per heavy atom. The minimum atomic E-state index is -0.695. The Hall–Kier alpha value is -2.57. The molecule has 22 heavy (non-hydrogen) atoms. The van der Waals surface area contributed by atoms with E-state index in [-0.39, 0.29) is 18.2 Å². The molecule has 0 fully saturated rings. The van der Waals surface area contributed by atoms with Gasteiger partial charge in [-0.1, -0.05) is 0 Å². The summed E-state index contributed by atoms with van der Waals surface area (Å²) in [5, 5.41) is 4.78. The molecule has 0 heterocycles. The van der Waals surface area contributed by atoms with Crippen molar-refractivity contribution in [1.29, 1.82) is 0 Å². The average molecular weight is 308 g/mol. The predicted octanol–water partition coefficient (Wildman–Crippen LogP) is 1.48. The molecule has 120 valence electrons. The third-order valence-electron chi connectivity index (χ3n) is 2.35. The van der Waals surface area contributed by atoms with Gasteiger partial charge in [0.15, 0.2) is 0 Å². The van der Waals surface area contributed by atoms with Crippen LogP contribution in [0.4, 0.5) is 4.79 Å². The summed E-state index contributed by atoms with van der Waals surface area (Å²) < 4.78 is 10.0. The van der Waals surface area contributed by atoms with Gasteiger partial charge in [-0.2, -0.15) is 0 Å². The number of ether oxygens (including phenoxy) is 2. The quantitative estimate of drug-likeness (QED) is 0.649. The van der Waals surface area contributed by atoms with Crippen LogP contribution in [0.15, 0.2) is 24.3 Å². The smallest absolute Gasteiger partial charge is 0.408 e. The lowest BCUT2D eigenvalue weighted by molar-refractivity contribution is -0.133. The number of rotatable bonds is 4. The van der Waals surface area contributed by atoms with E-state index in [9.17, 15) is 14.4 Å². The normalized spacial score (nSPS) is 10.5. The molecule has 0 radical (unpaired) electrons. The van der Waals surface area contributed by atoms with E-state index in [4.69, 9.17) is 9.47 Å². The molecule has 0 aliphatic carbocycles. The second-order valence-corrected chi connectivity index (χ2v) is 5.43. The number of nitrogens with one attached hydrogen (secondary N) is 2. The molecule has 1 aromatic rings. The zero-order chi connectivity index (χ0) is 16.8. The molecule has 0 aliphatic heterocycles. The maximum absolute atomic E-state index is 11.6. The van der Waals surface area contributed by atoms with E-state index in [0.717, 1.165) is 0 Å². The summed E-state index contributed by atoms with van der Waals surface area (Å²) >= 11 is 0. The molecule has 0 aliphatic rings. The first kappa shape index (κ1) is 17.5. The van der Waals surface area contributed by atoms with Gasteiger partial charge >= 0.3 is 12.1 Å². The number of carbonyl (C=O) groups is 3. The van der Waals surface area contributed by atoms with Gasteiger partial charge in [-0.15, -0.1) is 0 Å².